The molecule has 4 nitrogen and oxygen atoms in total. The Bertz CT molecular complexity index is 894. The van der Waals surface area contributed by atoms with Crippen LogP contribution in [0, 0.1) is 17.4 Å². The van der Waals surface area contributed by atoms with Gasteiger partial charge in [0.05, 0.1) is 11.4 Å². The van der Waals surface area contributed by atoms with Gasteiger partial charge in [-0.1, -0.05) is 30.3 Å². The summed E-state index contributed by atoms with van der Waals surface area (Å²) in [6.45, 7) is 4.48. The van der Waals surface area contributed by atoms with Crippen molar-refractivity contribution in [1.82, 2.24) is 4.90 Å². The van der Waals surface area contributed by atoms with Crippen molar-refractivity contribution in [1.29, 1.82) is 0 Å². The molecule has 0 saturated carbocycles. The van der Waals surface area contributed by atoms with Crippen LogP contribution in [0.3, 0.4) is 0 Å². The minimum Gasteiger partial charge on any atom is -0.491 e. The highest BCUT2D eigenvalue weighted by Gasteiger charge is 2.34. The quantitative estimate of drug-likeness (QED) is 0.446. The molecule has 1 fully saturated rings. The highest BCUT2D eigenvalue weighted by molar-refractivity contribution is 14.1. The molecule has 1 aliphatic rings. The van der Waals surface area contributed by atoms with E-state index in [-0.39, 0.29) is 24.3 Å². The lowest BCUT2D eigenvalue weighted by molar-refractivity contribution is -0.123. The lowest BCUT2D eigenvalue weighted by Crippen LogP contribution is -2.32. The van der Waals surface area contributed by atoms with Gasteiger partial charge in [0.15, 0.2) is 0 Å². The number of thioether (sulfide) groups is 1. The summed E-state index contributed by atoms with van der Waals surface area (Å²) in [5.74, 6) is 0.524. The van der Waals surface area contributed by atoms with E-state index in [9.17, 15) is 9.59 Å². The van der Waals surface area contributed by atoms with Gasteiger partial charge in [-0.15, -0.1) is 0 Å². The van der Waals surface area contributed by atoms with E-state index in [1.165, 1.54) is 4.90 Å². The molecule has 2 aromatic rings. The van der Waals surface area contributed by atoms with Crippen LogP contribution in [-0.2, 0) is 4.79 Å². The number of ether oxygens (including phenoxy) is 1. The number of benzene rings is 2. The van der Waals surface area contributed by atoms with Crippen molar-refractivity contribution in [3.05, 3.63) is 67.6 Å². The fourth-order valence-corrected chi connectivity index (χ4v) is 3.93. The van der Waals surface area contributed by atoms with Crippen LogP contribution in [0.4, 0.5) is 4.79 Å². The summed E-state index contributed by atoms with van der Waals surface area (Å²) in [4.78, 5) is 26.5. The predicted octanol–water partition coefficient (Wildman–Crippen LogP) is 5.02. The molecule has 1 heterocycles. The highest BCUT2D eigenvalue weighted by Crippen LogP contribution is 2.32. The molecule has 0 radical (unpaired) electrons. The van der Waals surface area contributed by atoms with Crippen LogP contribution in [0.25, 0.3) is 6.08 Å². The number of carbonyl (C=O) groups is 2. The van der Waals surface area contributed by atoms with Crippen LogP contribution >= 0.6 is 34.4 Å². The van der Waals surface area contributed by atoms with E-state index in [4.69, 9.17) is 4.74 Å². The maximum absolute atomic E-state index is 12.6. The van der Waals surface area contributed by atoms with Gasteiger partial charge in [0, 0.05) is 3.57 Å². The SMILES string of the molecule is Cc1ccc(C)c(OCCN2C(=O)S/C(=C\c3ccccc3I)C2=O)c1. The molecule has 0 N–H and O–H groups in total. The van der Waals surface area contributed by atoms with E-state index in [1.54, 1.807) is 6.08 Å². The molecule has 6 heteroatoms. The predicted molar refractivity (Wildman–Crippen MR) is 113 cm³/mol. The second kappa shape index (κ2) is 8.26. The van der Waals surface area contributed by atoms with Gasteiger partial charge in [-0.25, -0.2) is 0 Å². The Morgan fingerprint density at radius 2 is 1.92 bits per heavy atom. The van der Waals surface area contributed by atoms with Crippen LogP contribution in [0.2, 0.25) is 0 Å². The molecular weight excluding hydrogens is 461 g/mol. The second-order valence-electron chi connectivity index (χ2n) is 5.97. The third-order valence-corrected chi connectivity index (χ3v) is 5.87. The van der Waals surface area contributed by atoms with Gasteiger partial charge in [-0.2, -0.15) is 0 Å². The summed E-state index contributed by atoms with van der Waals surface area (Å²) < 4.78 is 6.81. The Hall–Kier alpha value is -1.80. The van der Waals surface area contributed by atoms with Gasteiger partial charge >= 0.3 is 0 Å². The Kier molecular flexibility index (Phi) is 6.03. The molecule has 0 bridgehead atoms. The number of carbonyl (C=O) groups excluding carboxylic acids is 2. The van der Waals surface area contributed by atoms with Crippen LogP contribution < -0.4 is 4.74 Å². The summed E-state index contributed by atoms with van der Waals surface area (Å²) >= 11 is 3.19. The highest BCUT2D eigenvalue weighted by atomic mass is 127. The van der Waals surface area contributed by atoms with Crippen molar-refractivity contribution in [2.45, 2.75) is 13.8 Å². The molecule has 134 valence electrons. The first kappa shape index (κ1) is 19.0. The standard InChI is InChI=1S/C20H18INO3S/c1-13-7-8-14(2)17(11-13)25-10-9-22-19(23)18(26-20(22)24)12-15-5-3-4-6-16(15)21/h3-8,11-12H,9-10H2,1-2H3/b18-12-. The molecule has 0 unspecified atom stereocenters. The molecule has 1 aliphatic heterocycles. The second-order valence-corrected chi connectivity index (χ2v) is 8.13. The van der Waals surface area contributed by atoms with E-state index in [0.29, 0.717) is 4.91 Å². The normalized spacial score (nSPS) is 15.8. The molecular formula is C20H18INO3S. The van der Waals surface area contributed by atoms with Crippen LogP contribution in [-0.4, -0.2) is 29.2 Å². The van der Waals surface area contributed by atoms with E-state index < -0.39 is 0 Å². The van der Waals surface area contributed by atoms with Crippen LogP contribution in [0.5, 0.6) is 5.75 Å². The monoisotopic (exact) mass is 479 g/mol. The molecule has 0 spiro atoms. The molecule has 0 atom stereocenters. The summed E-state index contributed by atoms with van der Waals surface area (Å²) in [5.41, 5.74) is 3.07. The zero-order valence-electron chi connectivity index (χ0n) is 14.5. The minimum absolute atomic E-state index is 0.237. The van der Waals surface area contributed by atoms with Crippen molar-refractivity contribution in [2.24, 2.45) is 0 Å². The number of aryl methyl sites for hydroxylation is 2. The summed E-state index contributed by atoms with van der Waals surface area (Å²) in [7, 11) is 0. The zero-order valence-corrected chi connectivity index (χ0v) is 17.5. The minimum atomic E-state index is -0.260. The van der Waals surface area contributed by atoms with Crippen molar-refractivity contribution in [3.63, 3.8) is 0 Å². The Morgan fingerprint density at radius 1 is 1.15 bits per heavy atom. The smallest absolute Gasteiger partial charge is 0.293 e. The van der Waals surface area contributed by atoms with Crippen molar-refractivity contribution in [3.8, 4) is 5.75 Å². The largest absolute Gasteiger partial charge is 0.491 e. The van der Waals surface area contributed by atoms with Gasteiger partial charge in [0.25, 0.3) is 11.1 Å². The average Bonchev–Trinajstić information content (AvgIpc) is 2.87. The number of nitrogens with zero attached hydrogens (tertiary/aromatic N) is 1. The third kappa shape index (κ3) is 4.29. The Morgan fingerprint density at radius 3 is 2.69 bits per heavy atom. The number of amides is 2. The number of hydrogen-bond acceptors (Lipinski definition) is 4. The Labute approximate surface area is 170 Å². The molecule has 0 aromatic heterocycles. The molecule has 2 aromatic carbocycles. The van der Waals surface area contributed by atoms with Crippen molar-refractivity contribution >= 4 is 51.6 Å². The maximum atomic E-state index is 12.6. The number of halogens is 1. The summed E-state index contributed by atoms with van der Waals surface area (Å²) in [5, 5.41) is -0.253. The van der Waals surface area contributed by atoms with E-state index in [1.807, 2.05) is 56.3 Å². The first-order chi connectivity index (χ1) is 12.5. The van der Waals surface area contributed by atoms with Gasteiger partial charge in [-0.3, -0.25) is 14.5 Å². The third-order valence-electron chi connectivity index (χ3n) is 3.98. The van der Waals surface area contributed by atoms with Crippen molar-refractivity contribution in [2.75, 3.05) is 13.2 Å². The Balaban J connectivity index is 1.66. The number of imide groups is 1. The summed E-state index contributed by atoms with van der Waals surface area (Å²) in [6, 6.07) is 13.7. The van der Waals surface area contributed by atoms with E-state index in [2.05, 4.69) is 22.6 Å². The van der Waals surface area contributed by atoms with Gasteiger partial charge in [0.1, 0.15) is 12.4 Å². The first-order valence-corrected chi connectivity index (χ1v) is 10.0. The van der Waals surface area contributed by atoms with Gasteiger partial charge in [-0.05, 0) is 83.1 Å². The van der Waals surface area contributed by atoms with Gasteiger partial charge in [0.2, 0.25) is 0 Å². The molecule has 2 amide bonds. The average molecular weight is 479 g/mol. The molecule has 3 rings (SSSR count). The topological polar surface area (TPSA) is 46.6 Å². The van der Waals surface area contributed by atoms with E-state index >= 15 is 0 Å². The number of hydrogen-bond donors (Lipinski definition) is 0. The molecule has 1 saturated heterocycles. The number of rotatable bonds is 5. The lowest BCUT2D eigenvalue weighted by Gasteiger charge is -2.14. The molecule has 0 aliphatic carbocycles. The van der Waals surface area contributed by atoms with Gasteiger partial charge < -0.3 is 4.74 Å². The van der Waals surface area contributed by atoms with E-state index in [0.717, 1.165) is 37.8 Å². The van der Waals surface area contributed by atoms with Crippen molar-refractivity contribution < 1.29 is 14.3 Å². The zero-order chi connectivity index (χ0) is 18.7. The summed E-state index contributed by atoms with van der Waals surface area (Å²) in [6.07, 6.45) is 1.78. The first-order valence-electron chi connectivity index (χ1n) is 8.15. The molecule has 26 heavy (non-hydrogen) atoms. The fourth-order valence-electron chi connectivity index (χ4n) is 2.54. The van der Waals surface area contributed by atoms with Crippen LogP contribution in [0.15, 0.2) is 47.4 Å². The fraction of sp³-hybridized carbons (Fsp3) is 0.200. The maximum Gasteiger partial charge on any atom is 0.293 e. The van der Waals surface area contributed by atoms with Crippen LogP contribution in [0.1, 0.15) is 16.7 Å². The lowest BCUT2D eigenvalue weighted by atomic mass is 10.1.